The lowest BCUT2D eigenvalue weighted by Gasteiger charge is -2.24. The first-order valence-corrected chi connectivity index (χ1v) is 9.46. The SMILES string of the molecule is CN(c1cccc(N)c1)c1nc(Nc2ccnn2C)ncc1CN(C=O)C1CC1. The van der Waals surface area contributed by atoms with Crippen molar-refractivity contribution in [3.63, 3.8) is 0 Å². The van der Waals surface area contributed by atoms with E-state index in [0.29, 0.717) is 30.0 Å². The minimum atomic E-state index is 0.310. The molecule has 2 heterocycles. The van der Waals surface area contributed by atoms with Crippen LogP contribution in [0.3, 0.4) is 0 Å². The third-order valence-corrected chi connectivity index (χ3v) is 4.98. The zero-order valence-electron chi connectivity index (χ0n) is 16.5. The van der Waals surface area contributed by atoms with Gasteiger partial charge in [0, 0.05) is 49.3 Å². The Morgan fingerprint density at radius 2 is 2.17 bits per heavy atom. The minimum Gasteiger partial charge on any atom is -0.399 e. The molecule has 150 valence electrons. The number of aryl methyl sites for hydroxylation is 1. The molecule has 9 heteroatoms. The van der Waals surface area contributed by atoms with Crippen LogP contribution in [0, 0.1) is 0 Å². The molecule has 0 saturated heterocycles. The second-order valence-corrected chi connectivity index (χ2v) is 7.17. The first-order chi connectivity index (χ1) is 14.0. The zero-order valence-corrected chi connectivity index (χ0v) is 16.5. The minimum absolute atomic E-state index is 0.310. The summed E-state index contributed by atoms with van der Waals surface area (Å²) >= 11 is 0. The van der Waals surface area contributed by atoms with Crippen LogP contribution in [0.4, 0.5) is 29.0 Å². The number of nitrogens with two attached hydrogens (primary N) is 1. The van der Waals surface area contributed by atoms with Crippen LogP contribution in [0.5, 0.6) is 0 Å². The lowest BCUT2D eigenvalue weighted by atomic mass is 10.2. The van der Waals surface area contributed by atoms with Gasteiger partial charge < -0.3 is 20.9 Å². The second kappa shape index (κ2) is 7.78. The molecule has 1 fully saturated rings. The van der Waals surface area contributed by atoms with Crippen molar-refractivity contribution in [2.75, 3.05) is 23.0 Å². The molecule has 2 aromatic heterocycles. The Hall–Kier alpha value is -3.62. The third-order valence-electron chi connectivity index (χ3n) is 4.98. The van der Waals surface area contributed by atoms with Crippen molar-refractivity contribution >= 4 is 35.4 Å². The molecule has 29 heavy (non-hydrogen) atoms. The lowest BCUT2D eigenvalue weighted by molar-refractivity contribution is -0.119. The van der Waals surface area contributed by atoms with Gasteiger partial charge in [-0.05, 0) is 31.0 Å². The quantitative estimate of drug-likeness (QED) is 0.448. The van der Waals surface area contributed by atoms with Gasteiger partial charge in [-0.25, -0.2) is 4.98 Å². The summed E-state index contributed by atoms with van der Waals surface area (Å²) in [4.78, 5) is 24.5. The summed E-state index contributed by atoms with van der Waals surface area (Å²) in [5.74, 6) is 1.94. The Morgan fingerprint density at radius 3 is 2.83 bits per heavy atom. The number of nitrogen functional groups attached to an aromatic ring is 1. The number of aromatic nitrogens is 4. The number of hydrogen-bond donors (Lipinski definition) is 2. The highest BCUT2D eigenvalue weighted by Gasteiger charge is 2.29. The summed E-state index contributed by atoms with van der Waals surface area (Å²) in [5, 5.41) is 7.33. The summed E-state index contributed by atoms with van der Waals surface area (Å²) in [6.45, 7) is 0.460. The van der Waals surface area contributed by atoms with Crippen molar-refractivity contribution in [3.05, 3.63) is 48.3 Å². The van der Waals surface area contributed by atoms with Gasteiger partial charge in [0.2, 0.25) is 12.4 Å². The standard InChI is InChI=1S/C20H24N8O/c1-26(17-5-3-4-15(21)10-17)19-14(12-28(13-29)16-6-7-16)11-22-20(25-19)24-18-8-9-23-27(18)2/h3-5,8-11,13,16H,6-7,12,21H2,1-2H3,(H,22,24,25). The van der Waals surface area contributed by atoms with E-state index >= 15 is 0 Å². The Kier molecular flexibility index (Phi) is 5.03. The van der Waals surface area contributed by atoms with Gasteiger partial charge in [-0.15, -0.1) is 0 Å². The van der Waals surface area contributed by atoms with E-state index in [2.05, 4.69) is 15.4 Å². The molecule has 3 N–H and O–H groups in total. The molecule has 1 amide bonds. The van der Waals surface area contributed by atoms with Gasteiger partial charge in [-0.2, -0.15) is 10.1 Å². The number of nitrogens with zero attached hydrogens (tertiary/aromatic N) is 6. The maximum Gasteiger partial charge on any atom is 0.230 e. The van der Waals surface area contributed by atoms with Gasteiger partial charge in [-0.3, -0.25) is 9.48 Å². The van der Waals surface area contributed by atoms with Gasteiger partial charge in [0.15, 0.2) is 0 Å². The molecule has 1 saturated carbocycles. The molecule has 0 bridgehead atoms. The summed E-state index contributed by atoms with van der Waals surface area (Å²) in [6.07, 6.45) is 6.46. The van der Waals surface area contributed by atoms with Crippen molar-refractivity contribution in [2.24, 2.45) is 7.05 Å². The topological polar surface area (TPSA) is 105 Å². The maximum absolute atomic E-state index is 11.5. The predicted octanol–water partition coefficient (Wildman–Crippen LogP) is 2.42. The summed E-state index contributed by atoms with van der Waals surface area (Å²) in [5.41, 5.74) is 8.40. The molecule has 0 radical (unpaired) electrons. The number of carbonyl (C=O) groups excluding carboxylic acids is 1. The van der Waals surface area contributed by atoms with E-state index in [0.717, 1.165) is 36.3 Å². The number of hydrogen-bond acceptors (Lipinski definition) is 7. The van der Waals surface area contributed by atoms with Crippen LogP contribution in [0.2, 0.25) is 0 Å². The third kappa shape index (κ3) is 4.13. The van der Waals surface area contributed by atoms with Crippen LogP contribution < -0.4 is 16.0 Å². The highest BCUT2D eigenvalue weighted by molar-refractivity contribution is 5.67. The average Bonchev–Trinajstić information content (AvgIpc) is 3.49. The van der Waals surface area contributed by atoms with E-state index in [1.54, 1.807) is 17.1 Å². The van der Waals surface area contributed by atoms with Crippen LogP contribution >= 0.6 is 0 Å². The van der Waals surface area contributed by atoms with E-state index in [9.17, 15) is 4.79 Å². The molecule has 0 aliphatic heterocycles. The fraction of sp³-hybridized carbons (Fsp3) is 0.300. The number of nitrogens with one attached hydrogen (secondary N) is 1. The van der Waals surface area contributed by atoms with Crippen molar-refractivity contribution in [3.8, 4) is 0 Å². The Morgan fingerprint density at radius 1 is 1.34 bits per heavy atom. The molecule has 0 spiro atoms. The fourth-order valence-electron chi connectivity index (χ4n) is 3.18. The normalized spacial score (nSPS) is 13.2. The van der Waals surface area contributed by atoms with Crippen LogP contribution in [0.1, 0.15) is 18.4 Å². The van der Waals surface area contributed by atoms with Crippen LogP contribution in [-0.2, 0) is 18.4 Å². The molecule has 3 aromatic rings. The van der Waals surface area contributed by atoms with E-state index < -0.39 is 0 Å². The number of amides is 1. The molecule has 0 unspecified atom stereocenters. The van der Waals surface area contributed by atoms with Gasteiger partial charge >= 0.3 is 0 Å². The van der Waals surface area contributed by atoms with E-state index in [4.69, 9.17) is 10.7 Å². The molecular weight excluding hydrogens is 368 g/mol. The predicted molar refractivity (Wildman–Crippen MR) is 112 cm³/mol. The summed E-state index contributed by atoms with van der Waals surface area (Å²) in [7, 11) is 3.77. The maximum atomic E-state index is 11.5. The van der Waals surface area contributed by atoms with E-state index in [1.165, 1.54) is 0 Å². The highest BCUT2D eigenvalue weighted by atomic mass is 16.1. The molecule has 1 aromatic carbocycles. The average molecular weight is 392 g/mol. The molecular formula is C20H24N8O. The monoisotopic (exact) mass is 392 g/mol. The zero-order chi connectivity index (χ0) is 20.4. The fourth-order valence-corrected chi connectivity index (χ4v) is 3.18. The van der Waals surface area contributed by atoms with Crippen LogP contribution in [-0.4, -0.2) is 44.1 Å². The number of rotatable bonds is 8. The Balaban J connectivity index is 1.69. The van der Waals surface area contributed by atoms with E-state index in [1.807, 2.05) is 54.2 Å². The van der Waals surface area contributed by atoms with Gasteiger partial charge in [-0.1, -0.05) is 6.07 Å². The van der Waals surface area contributed by atoms with Crippen molar-refractivity contribution in [1.82, 2.24) is 24.6 Å². The smallest absolute Gasteiger partial charge is 0.230 e. The van der Waals surface area contributed by atoms with Crippen LogP contribution in [0.25, 0.3) is 0 Å². The van der Waals surface area contributed by atoms with Crippen molar-refractivity contribution in [1.29, 1.82) is 0 Å². The molecule has 1 aliphatic rings. The molecule has 9 nitrogen and oxygen atoms in total. The number of benzene rings is 1. The van der Waals surface area contributed by atoms with Gasteiger partial charge in [0.25, 0.3) is 0 Å². The number of anilines is 5. The van der Waals surface area contributed by atoms with Crippen molar-refractivity contribution in [2.45, 2.75) is 25.4 Å². The highest BCUT2D eigenvalue weighted by Crippen LogP contribution is 2.31. The van der Waals surface area contributed by atoms with Gasteiger partial charge in [0.1, 0.15) is 11.6 Å². The Labute approximate surface area is 169 Å². The number of carbonyl (C=O) groups is 1. The van der Waals surface area contributed by atoms with Crippen molar-refractivity contribution < 1.29 is 4.79 Å². The molecule has 1 aliphatic carbocycles. The lowest BCUT2D eigenvalue weighted by Crippen LogP contribution is -2.25. The summed E-state index contributed by atoms with van der Waals surface area (Å²) < 4.78 is 1.71. The largest absolute Gasteiger partial charge is 0.399 e. The Bertz CT molecular complexity index is 1010. The first-order valence-electron chi connectivity index (χ1n) is 9.46. The van der Waals surface area contributed by atoms with E-state index in [-0.39, 0.29) is 0 Å². The van der Waals surface area contributed by atoms with Gasteiger partial charge in [0.05, 0.1) is 12.7 Å². The van der Waals surface area contributed by atoms with Crippen LogP contribution in [0.15, 0.2) is 42.7 Å². The molecule has 0 atom stereocenters. The summed E-state index contributed by atoms with van der Waals surface area (Å²) in [6, 6.07) is 9.76. The second-order valence-electron chi connectivity index (χ2n) is 7.17. The first kappa shape index (κ1) is 18.7. The molecule has 4 rings (SSSR count).